The average Bonchev–Trinajstić information content (AvgIpc) is 2.22. The highest BCUT2D eigenvalue weighted by atomic mass is 79.9. The molecule has 0 saturated carbocycles. The van der Waals surface area contributed by atoms with Gasteiger partial charge in [-0.1, -0.05) is 11.6 Å². The van der Waals surface area contributed by atoms with E-state index in [4.69, 9.17) is 11.6 Å². The predicted molar refractivity (Wildman–Crippen MR) is 71.1 cm³/mol. The molecule has 0 aliphatic carbocycles. The van der Waals surface area contributed by atoms with Crippen LogP contribution in [-0.4, -0.2) is 36.1 Å². The van der Waals surface area contributed by atoms with Crippen LogP contribution in [0.4, 0.5) is 5.82 Å². The van der Waals surface area contributed by atoms with E-state index in [0.29, 0.717) is 11.1 Å². The molecule has 5 heteroatoms. The van der Waals surface area contributed by atoms with E-state index in [0.717, 1.165) is 16.8 Å². The van der Waals surface area contributed by atoms with Crippen LogP contribution < -0.4 is 5.32 Å². The van der Waals surface area contributed by atoms with Crippen LogP contribution in [0.1, 0.15) is 12.8 Å². The van der Waals surface area contributed by atoms with E-state index in [1.54, 1.807) is 6.20 Å². The van der Waals surface area contributed by atoms with Gasteiger partial charge in [-0.05, 0) is 48.4 Å². The summed E-state index contributed by atoms with van der Waals surface area (Å²) >= 11 is 9.32. The molecular formula is C11H15BrClN3. The molecule has 88 valence electrons. The van der Waals surface area contributed by atoms with Crippen molar-refractivity contribution in [1.82, 2.24) is 9.88 Å². The van der Waals surface area contributed by atoms with Gasteiger partial charge in [-0.2, -0.15) is 0 Å². The number of nitrogens with zero attached hydrogens (tertiary/aromatic N) is 2. The maximum atomic E-state index is 5.85. The molecular weight excluding hydrogens is 289 g/mol. The van der Waals surface area contributed by atoms with Gasteiger partial charge in [-0.15, -0.1) is 0 Å². The summed E-state index contributed by atoms with van der Waals surface area (Å²) in [6, 6.07) is 2.34. The monoisotopic (exact) mass is 303 g/mol. The molecule has 16 heavy (non-hydrogen) atoms. The van der Waals surface area contributed by atoms with Gasteiger partial charge in [0.05, 0.1) is 9.50 Å². The molecule has 1 aromatic rings. The SMILES string of the molecule is CN1CCCC(Nc2ncc(Cl)cc2Br)C1. The summed E-state index contributed by atoms with van der Waals surface area (Å²) < 4.78 is 0.924. The molecule has 0 amide bonds. The quantitative estimate of drug-likeness (QED) is 0.910. The lowest BCUT2D eigenvalue weighted by molar-refractivity contribution is 0.260. The van der Waals surface area contributed by atoms with Crippen LogP contribution in [-0.2, 0) is 0 Å². The lowest BCUT2D eigenvalue weighted by atomic mass is 10.1. The van der Waals surface area contributed by atoms with Gasteiger partial charge in [0, 0.05) is 18.8 Å². The molecule has 0 aromatic carbocycles. The first-order valence-electron chi connectivity index (χ1n) is 5.41. The lowest BCUT2D eigenvalue weighted by Crippen LogP contribution is -2.39. The number of rotatable bonds is 2. The summed E-state index contributed by atoms with van der Waals surface area (Å²) in [4.78, 5) is 6.63. The van der Waals surface area contributed by atoms with Crippen LogP contribution in [0.2, 0.25) is 5.02 Å². The van der Waals surface area contributed by atoms with Crippen LogP contribution in [0.3, 0.4) is 0 Å². The van der Waals surface area contributed by atoms with Gasteiger partial charge in [0.15, 0.2) is 0 Å². The summed E-state index contributed by atoms with van der Waals surface area (Å²) in [6.45, 7) is 2.25. The number of halogens is 2. The third kappa shape index (κ3) is 3.09. The Morgan fingerprint density at radius 3 is 3.12 bits per heavy atom. The lowest BCUT2D eigenvalue weighted by Gasteiger charge is -2.30. The third-order valence-corrected chi connectivity index (χ3v) is 3.58. The number of piperidine rings is 1. The Labute approximate surface area is 109 Å². The average molecular weight is 305 g/mol. The van der Waals surface area contributed by atoms with Gasteiger partial charge in [0.1, 0.15) is 5.82 Å². The first kappa shape index (κ1) is 12.1. The van der Waals surface area contributed by atoms with Gasteiger partial charge in [0.25, 0.3) is 0 Å². The van der Waals surface area contributed by atoms with Crippen LogP contribution >= 0.6 is 27.5 Å². The Bertz CT molecular complexity index is 372. The number of anilines is 1. The molecule has 1 fully saturated rings. The standard InChI is InChI=1S/C11H15BrClN3/c1-16-4-2-3-9(7-16)15-11-10(12)5-8(13)6-14-11/h5-6,9H,2-4,7H2,1H3,(H,14,15). The van der Waals surface area contributed by atoms with Crippen LogP contribution in [0.15, 0.2) is 16.7 Å². The van der Waals surface area contributed by atoms with Crippen LogP contribution in [0.5, 0.6) is 0 Å². The first-order chi connectivity index (χ1) is 7.65. The van der Waals surface area contributed by atoms with E-state index >= 15 is 0 Å². The van der Waals surface area contributed by atoms with Gasteiger partial charge in [-0.25, -0.2) is 4.98 Å². The highest BCUT2D eigenvalue weighted by molar-refractivity contribution is 9.10. The van der Waals surface area contributed by atoms with Crippen molar-refractivity contribution >= 4 is 33.3 Å². The molecule has 1 aromatic heterocycles. The second-order valence-corrected chi connectivity index (χ2v) is 5.52. The van der Waals surface area contributed by atoms with E-state index in [2.05, 4.69) is 38.2 Å². The predicted octanol–water partition coefficient (Wildman–Crippen LogP) is 3.00. The minimum atomic E-state index is 0.476. The van der Waals surface area contributed by atoms with Gasteiger partial charge < -0.3 is 10.2 Å². The van der Waals surface area contributed by atoms with Gasteiger partial charge in [0.2, 0.25) is 0 Å². The van der Waals surface area contributed by atoms with Gasteiger partial charge in [-0.3, -0.25) is 0 Å². The fraction of sp³-hybridized carbons (Fsp3) is 0.545. The molecule has 1 aliphatic heterocycles. The molecule has 2 rings (SSSR count). The number of aromatic nitrogens is 1. The zero-order chi connectivity index (χ0) is 11.5. The van der Waals surface area contributed by atoms with Gasteiger partial charge >= 0.3 is 0 Å². The van der Waals surface area contributed by atoms with Crippen molar-refractivity contribution in [3.05, 3.63) is 21.8 Å². The second kappa shape index (κ2) is 5.34. The molecule has 1 atom stereocenters. The van der Waals surface area contributed by atoms with Crippen molar-refractivity contribution < 1.29 is 0 Å². The molecule has 1 aliphatic rings. The van der Waals surface area contributed by atoms with Crippen molar-refractivity contribution in [3.63, 3.8) is 0 Å². The maximum absolute atomic E-state index is 5.85. The molecule has 3 nitrogen and oxygen atoms in total. The Hall–Kier alpha value is -0.320. The van der Waals surface area contributed by atoms with Crippen molar-refractivity contribution in [2.45, 2.75) is 18.9 Å². The Balaban J connectivity index is 2.02. The minimum Gasteiger partial charge on any atom is -0.365 e. The third-order valence-electron chi connectivity index (χ3n) is 2.77. The van der Waals surface area contributed by atoms with E-state index in [1.165, 1.54) is 19.4 Å². The first-order valence-corrected chi connectivity index (χ1v) is 6.58. The summed E-state index contributed by atoms with van der Waals surface area (Å²) in [5.74, 6) is 0.879. The number of hydrogen-bond donors (Lipinski definition) is 1. The molecule has 0 radical (unpaired) electrons. The number of likely N-dealkylation sites (tertiary alicyclic amines) is 1. The topological polar surface area (TPSA) is 28.2 Å². The van der Waals surface area contributed by atoms with Crippen LogP contribution in [0, 0.1) is 0 Å². The molecule has 0 bridgehead atoms. The maximum Gasteiger partial charge on any atom is 0.140 e. The van der Waals surface area contributed by atoms with Crippen molar-refractivity contribution in [1.29, 1.82) is 0 Å². The van der Waals surface area contributed by atoms with Crippen molar-refractivity contribution in [3.8, 4) is 0 Å². The summed E-state index contributed by atoms with van der Waals surface area (Å²) in [7, 11) is 2.15. The van der Waals surface area contributed by atoms with E-state index in [-0.39, 0.29) is 0 Å². The highest BCUT2D eigenvalue weighted by Crippen LogP contribution is 2.24. The zero-order valence-electron chi connectivity index (χ0n) is 9.21. The Morgan fingerprint density at radius 1 is 1.62 bits per heavy atom. The number of pyridine rings is 1. The fourth-order valence-corrected chi connectivity index (χ4v) is 2.75. The summed E-state index contributed by atoms with van der Waals surface area (Å²) in [5.41, 5.74) is 0. The smallest absolute Gasteiger partial charge is 0.140 e. The summed E-state index contributed by atoms with van der Waals surface area (Å²) in [6.07, 6.45) is 4.10. The normalized spacial score (nSPS) is 22.1. The largest absolute Gasteiger partial charge is 0.365 e. The van der Waals surface area contributed by atoms with E-state index in [9.17, 15) is 0 Å². The Morgan fingerprint density at radius 2 is 2.44 bits per heavy atom. The van der Waals surface area contributed by atoms with Crippen molar-refractivity contribution in [2.75, 3.05) is 25.5 Å². The molecule has 1 N–H and O–H groups in total. The number of likely N-dealkylation sites (N-methyl/N-ethyl adjacent to an activating group) is 1. The molecule has 1 unspecified atom stereocenters. The molecule has 0 spiro atoms. The second-order valence-electron chi connectivity index (χ2n) is 4.23. The molecule has 2 heterocycles. The highest BCUT2D eigenvalue weighted by Gasteiger charge is 2.17. The number of nitrogens with one attached hydrogen (secondary N) is 1. The Kier molecular flexibility index (Phi) is 4.05. The van der Waals surface area contributed by atoms with Crippen LogP contribution in [0.25, 0.3) is 0 Å². The minimum absolute atomic E-state index is 0.476. The van der Waals surface area contributed by atoms with Crippen molar-refractivity contribution in [2.24, 2.45) is 0 Å². The zero-order valence-corrected chi connectivity index (χ0v) is 11.6. The number of hydrogen-bond acceptors (Lipinski definition) is 3. The summed E-state index contributed by atoms with van der Waals surface area (Å²) in [5, 5.41) is 4.10. The molecule has 1 saturated heterocycles. The van der Waals surface area contributed by atoms with E-state index in [1.807, 2.05) is 6.07 Å². The fourth-order valence-electron chi connectivity index (χ4n) is 2.00. The van der Waals surface area contributed by atoms with E-state index < -0.39 is 0 Å².